The number of esters is 2. The Morgan fingerprint density at radius 1 is 1.03 bits per heavy atom. The van der Waals surface area contributed by atoms with Gasteiger partial charge in [-0.2, -0.15) is 0 Å². The number of benzene rings is 1. The molecule has 1 aromatic carbocycles. The summed E-state index contributed by atoms with van der Waals surface area (Å²) >= 11 is 0. The number of aliphatic hydroxyl groups is 1. The second-order valence-corrected chi connectivity index (χ2v) is 11.4. The van der Waals surface area contributed by atoms with Gasteiger partial charge in [-0.1, -0.05) is 52.5 Å². The summed E-state index contributed by atoms with van der Waals surface area (Å²) in [5.41, 5.74) is 2.47. The quantitative estimate of drug-likeness (QED) is 0.233. The molecule has 0 spiro atoms. The number of hydrogen-bond acceptors (Lipinski definition) is 5. The maximum Gasteiger partial charge on any atom is 0.311 e. The minimum Gasteiger partial charge on any atom is -0.462 e. The summed E-state index contributed by atoms with van der Waals surface area (Å²) in [5, 5.41) is 11.2. The molecule has 4 rings (SSSR count). The van der Waals surface area contributed by atoms with E-state index < -0.39 is 6.10 Å². The molecule has 6 atom stereocenters. The summed E-state index contributed by atoms with van der Waals surface area (Å²) in [4.78, 5) is 24.7. The number of aliphatic hydroxyl groups excluding tert-OH is 1. The monoisotopic (exact) mass is 484 g/mol. The third-order valence-electron chi connectivity index (χ3n) is 9.07. The Morgan fingerprint density at radius 2 is 1.74 bits per heavy atom. The fraction of sp³-hybridized carbons (Fsp3) is 0.733. The van der Waals surface area contributed by atoms with Gasteiger partial charge in [-0.15, -0.1) is 0 Å². The SMILES string of the molecule is CCCCCC(=O)Oc1ccc2c(c1)CC[C@H]1[C@@H]3[C@@H](O)C[C@H](OC(=O)CCCCC)[C@@]3(C)CC[C@H]21. The van der Waals surface area contributed by atoms with Crippen molar-refractivity contribution in [2.45, 2.75) is 122 Å². The zero-order valence-corrected chi connectivity index (χ0v) is 21.9. The Labute approximate surface area is 211 Å². The van der Waals surface area contributed by atoms with Gasteiger partial charge in [0.25, 0.3) is 0 Å². The number of ether oxygens (including phenoxy) is 2. The molecule has 5 heteroatoms. The van der Waals surface area contributed by atoms with Gasteiger partial charge < -0.3 is 14.6 Å². The minimum atomic E-state index is -0.425. The van der Waals surface area contributed by atoms with Crippen LogP contribution in [-0.4, -0.2) is 29.3 Å². The van der Waals surface area contributed by atoms with E-state index in [-0.39, 0.29) is 29.4 Å². The minimum absolute atomic E-state index is 0.106. The second-order valence-electron chi connectivity index (χ2n) is 11.4. The molecule has 0 amide bonds. The molecular weight excluding hydrogens is 440 g/mol. The van der Waals surface area contributed by atoms with Crippen LogP contribution in [0.5, 0.6) is 5.75 Å². The van der Waals surface area contributed by atoms with Crippen molar-refractivity contribution >= 4 is 11.9 Å². The number of hydrogen-bond donors (Lipinski definition) is 1. The molecule has 0 heterocycles. The molecule has 0 aliphatic heterocycles. The highest BCUT2D eigenvalue weighted by Gasteiger charge is 2.60. The second kappa shape index (κ2) is 11.5. The lowest BCUT2D eigenvalue weighted by atomic mass is 9.55. The molecule has 194 valence electrons. The van der Waals surface area contributed by atoms with Crippen LogP contribution in [-0.2, 0) is 20.7 Å². The van der Waals surface area contributed by atoms with Gasteiger partial charge in [-0.3, -0.25) is 9.59 Å². The fourth-order valence-corrected chi connectivity index (χ4v) is 7.26. The van der Waals surface area contributed by atoms with Gasteiger partial charge >= 0.3 is 11.9 Å². The van der Waals surface area contributed by atoms with E-state index in [0.717, 1.165) is 64.2 Å². The number of unbranched alkanes of at least 4 members (excludes halogenated alkanes) is 4. The molecular formula is C30H44O5. The molecule has 5 nitrogen and oxygen atoms in total. The van der Waals surface area contributed by atoms with Gasteiger partial charge in [0.2, 0.25) is 0 Å². The highest BCUT2D eigenvalue weighted by atomic mass is 16.5. The summed E-state index contributed by atoms with van der Waals surface area (Å²) < 4.78 is 11.6. The van der Waals surface area contributed by atoms with Crippen LogP contribution < -0.4 is 4.74 Å². The standard InChI is InChI=1S/C30H44O5/c1-4-6-8-10-27(32)34-21-13-15-22-20(18-21)12-14-24-23(22)16-17-30(3)26(19-25(31)29(24)30)35-28(33)11-9-7-5-2/h13,15,18,23-26,29,31H,4-12,14,16-17,19H2,1-3H3/t23-,24-,25+,26+,29-,30-/m1/s1. The molecule has 0 unspecified atom stereocenters. The van der Waals surface area contributed by atoms with Gasteiger partial charge in [0, 0.05) is 24.7 Å². The topological polar surface area (TPSA) is 72.8 Å². The third-order valence-corrected chi connectivity index (χ3v) is 9.07. The molecule has 35 heavy (non-hydrogen) atoms. The Kier molecular flexibility index (Phi) is 8.57. The van der Waals surface area contributed by atoms with E-state index >= 15 is 0 Å². The van der Waals surface area contributed by atoms with Gasteiger partial charge in [0.1, 0.15) is 11.9 Å². The van der Waals surface area contributed by atoms with Crippen LogP contribution in [0.4, 0.5) is 0 Å². The Morgan fingerprint density at radius 3 is 2.46 bits per heavy atom. The van der Waals surface area contributed by atoms with Crippen molar-refractivity contribution < 1.29 is 24.2 Å². The van der Waals surface area contributed by atoms with Crippen molar-refractivity contribution in [2.75, 3.05) is 0 Å². The average molecular weight is 485 g/mol. The molecule has 2 saturated carbocycles. The first-order valence-electron chi connectivity index (χ1n) is 14.1. The van der Waals surface area contributed by atoms with E-state index in [0.29, 0.717) is 36.8 Å². The van der Waals surface area contributed by atoms with Gasteiger partial charge in [-0.25, -0.2) is 0 Å². The molecule has 3 aliphatic carbocycles. The lowest BCUT2D eigenvalue weighted by Gasteiger charge is -2.50. The van der Waals surface area contributed by atoms with E-state index in [1.165, 1.54) is 11.1 Å². The number of aryl methyl sites for hydroxylation is 1. The molecule has 0 saturated heterocycles. The van der Waals surface area contributed by atoms with Crippen molar-refractivity contribution in [3.8, 4) is 5.75 Å². The molecule has 0 bridgehead atoms. The zero-order valence-electron chi connectivity index (χ0n) is 21.9. The first-order chi connectivity index (χ1) is 16.9. The van der Waals surface area contributed by atoms with Crippen LogP contribution in [0, 0.1) is 17.3 Å². The summed E-state index contributed by atoms with van der Waals surface area (Å²) in [6.45, 7) is 6.50. The third kappa shape index (κ3) is 5.60. The predicted octanol–water partition coefficient (Wildman–Crippen LogP) is 6.49. The van der Waals surface area contributed by atoms with Crippen LogP contribution in [0.15, 0.2) is 18.2 Å². The molecule has 0 aromatic heterocycles. The fourth-order valence-electron chi connectivity index (χ4n) is 7.26. The number of fused-ring (bicyclic) bond motifs is 5. The van der Waals surface area contributed by atoms with Crippen LogP contribution in [0.3, 0.4) is 0 Å². The number of rotatable bonds is 10. The van der Waals surface area contributed by atoms with Crippen LogP contribution >= 0.6 is 0 Å². The van der Waals surface area contributed by atoms with Crippen LogP contribution in [0.25, 0.3) is 0 Å². The van der Waals surface area contributed by atoms with Crippen LogP contribution in [0.1, 0.15) is 115 Å². The molecule has 0 radical (unpaired) electrons. The Bertz CT molecular complexity index is 895. The van der Waals surface area contributed by atoms with Crippen molar-refractivity contribution in [2.24, 2.45) is 17.3 Å². The van der Waals surface area contributed by atoms with E-state index in [1.807, 2.05) is 6.07 Å². The van der Waals surface area contributed by atoms with Crippen LogP contribution in [0.2, 0.25) is 0 Å². The normalized spacial score (nSPS) is 31.3. The van der Waals surface area contributed by atoms with E-state index in [2.05, 4.69) is 32.9 Å². The number of carbonyl (C=O) groups is 2. The van der Waals surface area contributed by atoms with Crippen molar-refractivity contribution in [3.05, 3.63) is 29.3 Å². The maximum absolute atomic E-state index is 12.5. The van der Waals surface area contributed by atoms with E-state index in [1.54, 1.807) is 0 Å². The molecule has 1 aromatic rings. The highest BCUT2D eigenvalue weighted by Crippen LogP contribution is 2.61. The zero-order chi connectivity index (χ0) is 25.0. The van der Waals surface area contributed by atoms with Gasteiger partial charge in [0.05, 0.1) is 6.10 Å². The summed E-state index contributed by atoms with van der Waals surface area (Å²) in [5.74, 6) is 1.34. The molecule has 1 N–H and O–H groups in total. The van der Waals surface area contributed by atoms with Gasteiger partial charge in [0.15, 0.2) is 0 Å². The van der Waals surface area contributed by atoms with Gasteiger partial charge in [-0.05, 0) is 79.5 Å². The maximum atomic E-state index is 12.5. The first-order valence-corrected chi connectivity index (χ1v) is 14.1. The summed E-state index contributed by atoms with van der Waals surface area (Å²) in [7, 11) is 0. The van der Waals surface area contributed by atoms with E-state index in [4.69, 9.17) is 9.47 Å². The van der Waals surface area contributed by atoms with Crippen molar-refractivity contribution in [3.63, 3.8) is 0 Å². The molecule has 2 fully saturated rings. The Balaban J connectivity index is 1.43. The van der Waals surface area contributed by atoms with E-state index in [9.17, 15) is 14.7 Å². The lowest BCUT2D eigenvalue weighted by molar-refractivity contribution is -0.157. The predicted molar refractivity (Wildman–Crippen MR) is 136 cm³/mol. The smallest absolute Gasteiger partial charge is 0.311 e. The molecule has 3 aliphatic rings. The van der Waals surface area contributed by atoms with Crippen molar-refractivity contribution in [1.82, 2.24) is 0 Å². The Hall–Kier alpha value is -1.88. The van der Waals surface area contributed by atoms with Crippen molar-refractivity contribution in [1.29, 1.82) is 0 Å². The first kappa shape index (κ1) is 26.2. The highest BCUT2D eigenvalue weighted by molar-refractivity contribution is 5.72. The average Bonchev–Trinajstić information content (AvgIpc) is 3.08. The summed E-state index contributed by atoms with van der Waals surface area (Å²) in [6.07, 6.45) is 10.9. The summed E-state index contributed by atoms with van der Waals surface area (Å²) in [6, 6.07) is 6.15. The number of carbonyl (C=O) groups excluding carboxylic acids is 2. The largest absolute Gasteiger partial charge is 0.462 e. The lowest BCUT2D eigenvalue weighted by Crippen LogP contribution is -2.47.